The lowest BCUT2D eigenvalue weighted by Crippen LogP contribution is -2.51. The molecule has 2 aliphatic rings. The fraction of sp³-hybridized carbons (Fsp3) is 0.400. The summed E-state index contributed by atoms with van der Waals surface area (Å²) in [6.07, 6.45) is 3.18. The number of aromatic amines is 1. The first-order valence-corrected chi connectivity index (χ1v) is 11.0. The summed E-state index contributed by atoms with van der Waals surface area (Å²) in [5.41, 5.74) is 4.52. The summed E-state index contributed by atoms with van der Waals surface area (Å²) in [5, 5.41) is 4.88. The minimum Gasteiger partial charge on any atom is -0.378 e. The van der Waals surface area contributed by atoms with Gasteiger partial charge in [0.25, 0.3) is 5.91 Å². The van der Waals surface area contributed by atoms with E-state index < -0.39 is 0 Å². The van der Waals surface area contributed by atoms with E-state index in [1.54, 1.807) is 0 Å². The lowest BCUT2D eigenvalue weighted by atomic mass is 10.0. The van der Waals surface area contributed by atoms with Gasteiger partial charge in [0.15, 0.2) is 0 Å². The highest BCUT2D eigenvalue weighted by Gasteiger charge is 2.33. The number of nitrogens with one attached hydrogen (secondary N) is 2. The molecule has 1 aliphatic heterocycles. The van der Waals surface area contributed by atoms with Crippen molar-refractivity contribution < 1.29 is 9.53 Å². The van der Waals surface area contributed by atoms with Crippen LogP contribution in [-0.2, 0) is 11.2 Å². The van der Waals surface area contributed by atoms with E-state index in [9.17, 15) is 4.79 Å². The molecule has 0 spiro atoms. The molecule has 2 aromatic carbocycles. The Labute approximate surface area is 177 Å². The minimum atomic E-state index is 0.0502. The SMILES string of the molecule is CCN(C(=O)c1cc2ccccc2[nH]1)C1COC[C@@H](N[C@@H]2CCc3ccccc32)C1. The fourth-order valence-electron chi connectivity index (χ4n) is 5.07. The van der Waals surface area contributed by atoms with Gasteiger partial charge < -0.3 is 19.9 Å². The summed E-state index contributed by atoms with van der Waals surface area (Å²) in [6.45, 7) is 4.01. The van der Waals surface area contributed by atoms with E-state index in [4.69, 9.17) is 4.74 Å². The number of likely N-dealkylation sites (N-methyl/N-ethyl adjacent to an activating group) is 1. The van der Waals surface area contributed by atoms with E-state index in [0.29, 0.717) is 31.5 Å². The van der Waals surface area contributed by atoms with Crippen LogP contribution in [0.4, 0.5) is 0 Å². The highest BCUT2D eigenvalue weighted by molar-refractivity contribution is 5.98. The zero-order valence-corrected chi connectivity index (χ0v) is 17.4. The van der Waals surface area contributed by atoms with Gasteiger partial charge in [0.1, 0.15) is 5.69 Å². The van der Waals surface area contributed by atoms with Crippen molar-refractivity contribution in [2.45, 2.75) is 44.3 Å². The Bertz CT molecular complexity index is 1010. The quantitative estimate of drug-likeness (QED) is 0.675. The van der Waals surface area contributed by atoms with E-state index >= 15 is 0 Å². The van der Waals surface area contributed by atoms with Crippen molar-refractivity contribution in [1.82, 2.24) is 15.2 Å². The van der Waals surface area contributed by atoms with Crippen LogP contribution in [0.25, 0.3) is 10.9 Å². The van der Waals surface area contributed by atoms with E-state index in [2.05, 4.69) is 34.6 Å². The zero-order chi connectivity index (χ0) is 20.5. The van der Waals surface area contributed by atoms with Crippen LogP contribution < -0.4 is 5.32 Å². The third-order valence-electron chi connectivity index (χ3n) is 6.56. The van der Waals surface area contributed by atoms with Gasteiger partial charge in [-0.15, -0.1) is 0 Å². The molecule has 1 amide bonds. The maximum atomic E-state index is 13.3. The van der Waals surface area contributed by atoms with Crippen LogP contribution in [0, 0.1) is 0 Å². The van der Waals surface area contributed by atoms with Gasteiger partial charge >= 0.3 is 0 Å². The van der Waals surface area contributed by atoms with Crippen molar-refractivity contribution in [3.63, 3.8) is 0 Å². The molecule has 1 saturated heterocycles. The molecule has 2 heterocycles. The number of aryl methyl sites for hydroxylation is 1. The summed E-state index contributed by atoms with van der Waals surface area (Å²) in [7, 11) is 0. The molecule has 1 unspecified atom stereocenters. The summed E-state index contributed by atoms with van der Waals surface area (Å²) in [6, 6.07) is 19.4. The van der Waals surface area contributed by atoms with Gasteiger partial charge in [-0.25, -0.2) is 0 Å². The molecule has 0 radical (unpaired) electrons. The maximum absolute atomic E-state index is 13.3. The number of aromatic nitrogens is 1. The van der Waals surface area contributed by atoms with Crippen molar-refractivity contribution >= 4 is 16.8 Å². The van der Waals surface area contributed by atoms with Crippen molar-refractivity contribution in [3.8, 4) is 0 Å². The van der Waals surface area contributed by atoms with Crippen LogP contribution in [0.15, 0.2) is 54.6 Å². The van der Waals surface area contributed by atoms with Crippen LogP contribution >= 0.6 is 0 Å². The number of H-pyrrole nitrogens is 1. The highest BCUT2D eigenvalue weighted by atomic mass is 16.5. The van der Waals surface area contributed by atoms with Gasteiger partial charge in [-0.1, -0.05) is 42.5 Å². The number of ether oxygens (including phenoxy) is 1. The molecule has 156 valence electrons. The largest absolute Gasteiger partial charge is 0.378 e. The monoisotopic (exact) mass is 403 g/mol. The molecular weight excluding hydrogens is 374 g/mol. The molecule has 2 N–H and O–H groups in total. The number of rotatable bonds is 5. The van der Waals surface area contributed by atoms with Crippen molar-refractivity contribution in [2.24, 2.45) is 0 Å². The van der Waals surface area contributed by atoms with E-state index in [0.717, 1.165) is 30.2 Å². The van der Waals surface area contributed by atoms with E-state index in [-0.39, 0.29) is 18.0 Å². The molecule has 5 rings (SSSR count). The number of benzene rings is 2. The second-order valence-corrected chi connectivity index (χ2v) is 8.44. The molecule has 5 nitrogen and oxygen atoms in total. The van der Waals surface area contributed by atoms with E-state index in [1.165, 1.54) is 11.1 Å². The first-order valence-electron chi connectivity index (χ1n) is 11.0. The predicted octanol–water partition coefficient (Wildman–Crippen LogP) is 4.06. The Morgan fingerprint density at radius 2 is 2.00 bits per heavy atom. The first kappa shape index (κ1) is 19.3. The maximum Gasteiger partial charge on any atom is 0.270 e. The number of hydrogen-bond donors (Lipinski definition) is 2. The summed E-state index contributed by atoms with van der Waals surface area (Å²) >= 11 is 0. The van der Waals surface area contributed by atoms with Crippen molar-refractivity contribution in [2.75, 3.05) is 19.8 Å². The van der Waals surface area contributed by atoms with E-state index in [1.807, 2.05) is 42.2 Å². The topological polar surface area (TPSA) is 57.4 Å². The van der Waals surface area contributed by atoms with Gasteiger partial charge in [0.05, 0.1) is 19.3 Å². The molecule has 1 aliphatic carbocycles. The normalized spacial score (nSPS) is 23.4. The standard InChI is InChI=1S/C25H29N3O2/c1-2-28(25(29)24-13-18-8-4-6-10-22(18)27-24)20-14-19(15-30-16-20)26-23-12-11-17-7-3-5-9-21(17)23/h3-10,13,19-20,23,26-27H,2,11-12,14-16H2,1H3/t19-,20?,23+/m0/s1. The number of carbonyl (C=O) groups excluding carboxylic acids is 1. The van der Waals surface area contributed by atoms with Crippen molar-refractivity contribution in [1.29, 1.82) is 0 Å². The molecule has 0 saturated carbocycles. The Morgan fingerprint density at radius 1 is 1.17 bits per heavy atom. The second kappa shape index (κ2) is 8.25. The number of carbonyl (C=O) groups is 1. The molecule has 0 bridgehead atoms. The van der Waals surface area contributed by atoms with Gasteiger partial charge in [-0.2, -0.15) is 0 Å². The second-order valence-electron chi connectivity index (χ2n) is 8.44. The molecule has 30 heavy (non-hydrogen) atoms. The minimum absolute atomic E-state index is 0.0502. The summed E-state index contributed by atoms with van der Waals surface area (Å²) in [4.78, 5) is 18.5. The van der Waals surface area contributed by atoms with Gasteiger partial charge in [-0.3, -0.25) is 4.79 Å². The van der Waals surface area contributed by atoms with Gasteiger partial charge in [0.2, 0.25) is 0 Å². The summed E-state index contributed by atoms with van der Waals surface area (Å²) < 4.78 is 5.95. The lowest BCUT2D eigenvalue weighted by Gasteiger charge is -2.38. The predicted molar refractivity (Wildman–Crippen MR) is 119 cm³/mol. The molecular formula is C25H29N3O2. The van der Waals surface area contributed by atoms with Crippen molar-refractivity contribution in [3.05, 3.63) is 71.4 Å². The van der Waals surface area contributed by atoms with Crippen LogP contribution in [0.3, 0.4) is 0 Å². The summed E-state index contributed by atoms with van der Waals surface area (Å²) in [5.74, 6) is 0.0502. The van der Waals surface area contributed by atoms with Crippen LogP contribution in [0.1, 0.15) is 47.4 Å². The first-order chi connectivity index (χ1) is 14.7. The van der Waals surface area contributed by atoms with Crippen LogP contribution in [0.2, 0.25) is 0 Å². The Kier molecular flexibility index (Phi) is 5.32. The van der Waals surface area contributed by atoms with Crippen LogP contribution in [0.5, 0.6) is 0 Å². The number of para-hydroxylation sites is 1. The fourth-order valence-corrected chi connectivity index (χ4v) is 5.07. The average molecular weight is 404 g/mol. The molecule has 1 aromatic heterocycles. The van der Waals surface area contributed by atoms with Gasteiger partial charge in [-0.05, 0) is 49.4 Å². The number of nitrogens with zero attached hydrogens (tertiary/aromatic N) is 1. The zero-order valence-electron chi connectivity index (χ0n) is 17.4. The molecule has 3 aromatic rings. The third-order valence-corrected chi connectivity index (χ3v) is 6.56. The smallest absolute Gasteiger partial charge is 0.270 e. The Balaban J connectivity index is 1.29. The Morgan fingerprint density at radius 3 is 2.87 bits per heavy atom. The molecule has 5 heteroatoms. The molecule has 1 fully saturated rings. The van der Waals surface area contributed by atoms with Gasteiger partial charge in [0, 0.05) is 29.5 Å². The third kappa shape index (κ3) is 3.64. The number of hydrogen-bond acceptors (Lipinski definition) is 3. The molecule has 3 atom stereocenters. The van der Waals surface area contributed by atoms with Crippen LogP contribution in [-0.4, -0.2) is 47.6 Å². The number of amides is 1. The average Bonchev–Trinajstić information content (AvgIpc) is 3.39. The Hall–Kier alpha value is -2.63. The number of fused-ring (bicyclic) bond motifs is 2. The highest BCUT2D eigenvalue weighted by Crippen LogP contribution is 2.32. The lowest BCUT2D eigenvalue weighted by molar-refractivity contribution is 0.000932.